The maximum atomic E-state index is 13.1. The van der Waals surface area contributed by atoms with E-state index in [1.807, 2.05) is 0 Å². The van der Waals surface area contributed by atoms with E-state index in [1.165, 1.54) is 0 Å². The van der Waals surface area contributed by atoms with Gasteiger partial charge in [-0.3, -0.25) is 0 Å². The molecule has 1 N–H and O–H groups in total. The monoisotopic (exact) mass is 419 g/mol. The number of hydrazine groups is 1. The summed E-state index contributed by atoms with van der Waals surface area (Å²) in [4.78, 5) is 43.5. The highest BCUT2D eigenvalue weighted by molar-refractivity contribution is 6.22. The van der Waals surface area contributed by atoms with Gasteiger partial charge in [0.2, 0.25) is 5.54 Å². The summed E-state index contributed by atoms with van der Waals surface area (Å²) in [6.45, 7) is 11.7. The molecule has 0 saturated heterocycles. The number of carbonyl (C=O) groups excluding carboxylic acids is 3. The van der Waals surface area contributed by atoms with E-state index in [0.717, 1.165) is 5.01 Å². The van der Waals surface area contributed by atoms with Crippen LogP contribution in [0.3, 0.4) is 0 Å². The van der Waals surface area contributed by atoms with E-state index < -0.39 is 34.9 Å². The third-order valence-corrected chi connectivity index (χ3v) is 4.07. The minimum absolute atomic E-state index is 0.0641. The fourth-order valence-electron chi connectivity index (χ4n) is 2.89. The van der Waals surface area contributed by atoms with E-state index in [0.29, 0.717) is 5.56 Å². The van der Waals surface area contributed by atoms with Crippen LogP contribution in [0.2, 0.25) is 0 Å². The molecule has 1 unspecified atom stereocenters. The van der Waals surface area contributed by atoms with Gasteiger partial charge < -0.3 is 14.3 Å². The number of hydrogen-bond acceptors (Lipinski definition) is 7. The normalized spacial score (nSPS) is 18.9. The van der Waals surface area contributed by atoms with Crippen LogP contribution in [-0.4, -0.2) is 45.6 Å². The summed E-state index contributed by atoms with van der Waals surface area (Å²) in [5.74, 6) is -0.814. The summed E-state index contributed by atoms with van der Waals surface area (Å²) in [6.07, 6.45) is -1.81. The summed E-state index contributed by atoms with van der Waals surface area (Å²) in [5, 5.41) is 4.73. The number of hydrogen-bond donors (Lipinski definition) is 1. The zero-order chi connectivity index (χ0) is 22.7. The highest BCUT2D eigenvalue weighted by Crippen LogP contribution is 2.32. The fraction of sp³-hybridized carbons (Fsp3) is 0.524. The van der Waals surface area contributed by atoms with Crippen LogP contribution < -0.4 is 5.43 Å². The Balaban J connectivity index is 2.54. The van der Waals surface area contributed by atoms with Gasteiger partial charge in [-0.1, -0.05) is 42.4 Å². The van der Waals surface area contributed by atoms with Crippen LogP contribution in [0, 0.1) is 0 Å². The summed E-state index contributed by atoms with van der Waals surface area (Å²) < 4.78 is 10.7. The molecule has 0 spiro atoms. The smallest absolute Gasteiger partial charge is 0.430 e. The lowest BCUT2D eigenvalue weighted by Gasteiger charge is -2.38. The maximum absolute atomic E-state index is 13.1. The van der Waals surface area contributed by atoms with Crippen molar-refractivity contribution in [1.82, 2.24) is 10.4 Å². The molecule has 1 aromatic carbocycles. The number of amides is 2. The zero-order valence-corrected chi connectivity index (χ0v) is 18.4. The van der Waals surface area contributed by atoms with Crippen molar-refractivity contribution in [1.29, 1.82) is 0 Å². The first-order valence-electron chi connectivity index (χ1n) is 9.68. The molecule has 2 rings (SSSR count). The second-order valence-electron chi connectivity index (χ2n) is 8.83. The minimum atomic E-state index is -1.74. The molecule has 1 aliphatic heterocycles. The summed E-state index contributed by atoms with van der Waals surface area (Å²) in [6, 6.07) is 8.79. The summed E-state index contributed by atoms with van der Waals surface area (Å²) in [7, 11) is 0. The molecule has 0 bridgehead atoms. The Hall–Kier alpha value is -3.10. The Morgan fingerprint density at radius 2 is 1.63 bits per heavy atom. The molecule has 9 heteroatoms. The molecule has 0 saturated carbocycles. The summed E-state index contributed by atoms with van der Waals surface area (Å²) >= 11 is 0. The van der Waals surface area contributed by atoms with Crippen molar-refractivity contribution in [3.63, 3.8) is 0 Å². The van der Waals surface area contributed by atoms with Gasteiger partial charge in [0.05, 0.1) is 0 Å². The second-order valence-corrected chi connectivity index (χ2v) is 8.83. The van der Waals surface area contributed by atoms with E-state index in [1.54, 1.807) is 78.8 Å². The van der Waals surface area contributed by atoms with Crippen molar-refractivity contribution in [2.75, 3.05) is 0 Å². The lowest BCUT2D eigenvalue weighted by Crippen LogP contribution is -2.66. The van der Waals surface area contributed by atoms with E-state index in [-0.39, 0.29) is 12.1 Å². The van der Waals surface area contributed by atoms with E-state index in [9.17, 15) is 14.4 Å². The molecule has 30 heavy (non-hydrogen) atoms. The maximum Gasteiger partial charge on any atom is 0.430 e. The van der Waals surface area contributed by atoms with Gasteiger partial charge in [0.25, 0.3) is 0 Å². The number of carbonyl (C=O) groups is 3. The molecule has 0 fully saturated rings. The third-order valence-electron chi connectivity index (χ3n) is 4.07. The third kappa shape index (κ3) is 5.08. The van der Waals surface area contributed by atoms with E-state index in [2.05, 4.69) is 10.6 Å². The van der Waals surface area contributed by atoms with Gasteiger partial charge in [-0.05, 0) is 48.0 Å². The van der Waals surface area contributed by atoms with Crippen molar-refractivity contribution in [2.24, 2.45) is 5.16 Å². The lowest BCUT2D eigenvalue weighted by atomic mass is 9.86. The number of benzene rings is 1. The van der Waals surface area contributed by atoms with Crippen LogP contribution in [0.15, 0.2) is 35.5 Å². The first-order chi connectivity index (χ1) is 13.8. The first-order valence-corrected chi connectivity index (χ1v) is 9.68. The molecule has 2 amide bonds. The van der Waals surface area contributed by atoms with Gasteiger partial charge in [-0.2, -0.15) is 5.01 Å². The zero-order valence-electron chi connectivity index (χ0n) is 18.4. The molecule has 1 aromatic rings. The molecular weight excluding hydrogens is 390 g/mol. The van der Waals surface area contributed by atoms with Gasteiger partial charge in [0, 0.05) is 5.56 Å². The number of nitrogens with one attached hydrogen (secondary N) is 1. The van der Waals surface area contributed by atoms with Crippen LogP contribution >= 0.6 is 0 Å². The molecule has 0 aromatic heterocycles. The Bertz CT molecular complexity index is 839. The molecular formula is C21H29N3O6. The average molecular weight is 419 g/mol. The summed E-state index contributed by atoms with van der Waals surface area (Å²) in [5.41, 5.74) is -0.328. The van der Waals surface area contributed by atoms with Crippen LogP contribution in [0.4, 0.5) is 9.59 Å². The number of nitrogens with zero attached hydrogens (tertiary/aromatic N) is 2. The van der Waals surface area contributed by atoms with Crippen molar-refractivity contribution >= 4 is 23.9 Å². The van der Waals surface area contributed by atoms with Gasteiger partial charge in [-0.25, -0.2) is 19.8 Å². The molecule has 164 valence electrons. The van der Waals surface area contributed by atoms with Crippen molar-refractivity contribution in [3.8, 4) is 0 Å². The van der Waals surface area contributed by atoms with Crippen LogP contribution in [0.5, 0.6) is 0 Å². The standard InChI is InChI=1S/C21H29N3O6/c1-8-21(15(23-30-16(21)25)14-12-10-9-11-13-14)24(18(27)29-20(5,6)7)22-17(26)28-19(2,3)4/h9-13H,8H2,1-7H3,(H,22,26). The molecule has 0 radical (unpaired) electrons. The highest BCUT2D eigenvalue weighted by atomic mass is 16.7. The molecule has 0 aliphatic carbocycles. The van der Waals surface area contributed by atoms with E-state index in [4.69, 9.17) is 14.3 Å². The van der Waals surface area contributed by atoms with Crippen LogP contribution in [0.1, 0.15) is 60.5 Å². The number of oxime groups is 1. The van der Waals surface area contributed by atoms with Crippen molar-refractivity contribution in [2.45, 2.75) is 71.6 Å². The van der Waals surface area contributed by atoms with Crippen LogP contribution in [-0.2, 0) is 19.1 Å². The Labute approximate surface area is 176 Å². The van der Waals surface area contributed by atoms with Crippen molar-refractivity contribution in [3.05, 3.63) is 35.9 Å². The Kier molecular flexibility index (Phi) is 6.44. The molecule has 9 nitrogen and oxygen atoms in total. The lowest BCUT2D eigenvalue weighted by molar-refractivity contribution is -0.151. The number of ether oxygens (including phenoxy) is 2. The fourth-order valence-corrected chi connectivity index (χ4v) is 2.89. The molecule has 1 aliphatic rings. The van der Waals surface area contributed by atoms with Crippen LogP contribution in [0.25, 0.3) is 0 Å². The van der Waals surface area contributed by atoms with Crippen molar-refractivity contribution < 1.29 is 28.7 Å². The van der Waals surface area contributed by atoms with E-state index >= 15 is 0 Å². The predicted octanol–water partition coefficient (Wildman–Crippen LogP) is 3.77. The van der Waals surface area contributed by atoms with Gasteiger partial charge in [0.15, 0.2) is 0 Å². The SMILES string of the molecule is CCC1(N(NC(=O)OC(C)(C)C)C(=O)OC(C)(C)C)C(=O)ON=C1c1ccccc1. The predicted molar refractivity (Wildman–Crippen MR) is 110 cm³/mol. The number of rotatable bonds is 3. The average Bonchev–Trinajstić information content (AvgIpc) is 2.94. The topological polar surface area (TPSA) is 107 Å². The first kappa shape index (κ1) is 23.2. The van der Waals surface area contributed by atoms with Gasteiger partial charge in [0.1, 0.15) is 16.9 Å². The largest absolute Gasteiger partial charge is 0.443 e. The van der Waals surface area contributed by atoms with Gasteiger partial charge in [-0.15, -0.1) is 0 Å². The molecule has 1 atom stereocenters. The Morgan fingerprint density at radius 1 is 1.07 bits per heavy atom. The second kappa shape index (κ2) is 8.33. The molecule has 1 heterocycles. The Morgan fingerprint density at radius 3 is 2.13 bits per heavy atom. The quantitative estimate of drug-likeness (QED) is 0.590. The minimum Gasteiger partial charge on any atom is -0.443 e. The van der Waals surface area contributed by atoms with Gasteiger partial charge >= 0.3 is 18.2 Å². The highest BCUT2D eigenvalue weighted by Gasteiger charge is 2.58.